The Balaban J connectivity index is 2.35. The van der Waals surface area contributed by atoms with Gasteiger partial charge in [0.15, 0.2) is 0 Å². The Hall–Kier alpha value is -0.730. The van der Waals surface area contributed by atoms with Gasteiger partial charge in [0.25, 0.3) is 0 Å². The minimum absolute atomic E-state index is 0.135. The predicted octanol–water partition coefficient (Wildman–Crippen LogP) is 3.85. The number of hydrogen-bond acceptors (Lipinski definition) is 2. The molecule has 0 saturated carbocycles. The van der Waals surface area contributed by atoms with E-state index in [2.05, 4.69) is 24.8 Å². The van der Waals surface area contributed by atoms with E-state index in [9.17, 15) is 0 Å². The first-order valence-electron chi connectivity index (χ1n) is 7.30. The molecule has 1 fully saturated rings. The quantitative estimate of drug-likeness (QED) is 0.911. The molecule has 19 heavy (non-hydrogen) atoms. The van der Waals surface area contributed by atoms with Crippen molar-refractivity contribution in [2.45, 2.75) is 52.1 Å². The number of nitrogens with zero attached hydrogens (tertiary/aromatic N) is 1. The molecule has 0 bridgehead atoms. The second-order valence-corrected chi connectivity index (χ2v) is 6.38. The van der Waals surface area contributed by atoms with Gasteiger partial charge in [-0.25, -0.2) is 0 Å². The molecule has 0 radical (unpaired) electrons. The van der Waals surface area contributed by atoms with Crippen molar-refractivity contribution < 1.29 is 0 Å². The van der Waals surface area contributed by atoms with Gasteiger partial charge in [-0.1, -0.05) is 24.6 Å². The van der Waals surface area contributed by atoms with E-state index in [1.54, 1.807) is 0 Å². The maximum absolute atomic E-state index is 6.39. The van der Waals surface area contributed by atoms with Crippen LogP contribution in [0.15, 0.2) is 18.2 Å². The third kappa shape index (κ3) is 3.24. The highest BCUT2D eigenvalue weighted by molar-refractivity contribution is 6.31. The molecule has 1 aromatic rings. The Bertz CT molecular complexity index is 431. The first-order valence-corrected chi connectivity index (χ1v) is 7.68. The molecule has 1 saturated heterocycles. The molecular formula is C16H25ClN2. The number of anilines is 1. The van der Waals surface area contributed by atoms with Gasteiger partial charge in [0, 0.05) is 29.3 Å². The van der Waals surface area contributed by atoms with Gasteiger partial charge in [-0.3, -0.25) is 0 Å². The van der Waals surface area contributed by atoms with E-state index in [1.165, 1.54) is 24.1 Å². The Morgan fingerprint density at radius 1 is 1.42 bits per heavy atom. The molecule has 3 atom stereocenters. The van der Waals surface area contributed by atoms with Crippen molar-refractivity contribution in [3.8, 4) is 0 Å². The SMILES string of the molecule is CC(N)Cc1c(Cl)cccc1N1CCCC(C)C1C. The highest BCUT2D eigenvalue weighted by Crippen LogP contribution is 2.34. The van der Waals surface area contributed by atoms with Crippen LogP contribution >= 0.6 is 11.6 Å². The van der Waals surface area contributed by atoms with Crippen LogP contribution in [0.4, 0.5) is 5.69 Å². The highest BCUT2D eigenvalue weighted by Gasteiger charge is 2.26. The van der Waals surface area contributed by atoms with Gasteiger partial charge >= 0.3 is 0 Å². The number of piperidine rings is 1. The molecule has 2 N–H and O–H groups in total. The minimum Gasteiger partial charge on any atom is -0.368 e. The summed E-state index contributed by atoms with van der Waals surface area (Å²) in [4.78, 5) is 2.51. The fourth-order valence-corrected chi connectivity index (χ4v) is 3.26. The molecule has 0 spiro atoms. The molecular weight excluding hydrogens is 256 g/mol. The van der Waals surface area contributed by atoms with E-state index in [1.807, 2.05) is 19.1 Å². The first kappa shape index (κ1) is 14.7. The van der Waals surface area contributed by atoms with Crippen molar-refractivity contribution >= 4 is 17.3 Å². The summed E-state index contributed by atoms with van der Waals surface area (Å²) in [6.07, 6.45) is 3.42. The zero-order valence-corrected chi connectivity index (χ0v) is 13.0. The average Bonchev–Trinajstić information content (AvgIpc) is 2.35. The Labute approximate surface area is 121 Å². The summed E-state index contributed by atoms with van der Waals surface area (Å²) in [6, 6.07) is 6.92. The van der Waals surface area contributed by atoms with Crippen LogP contribution in [-0.4, -0.2) is 18.6 Å². The van der Waals surface area contributed by atoms with Gasteiger partial charge in [0.05, 0.1) is 0 Å². The van der Waals surface area contributed by atoms with Gasteiger partial charge in [-0.2, -0.15) is 0 Å². The summed E-state index contributed by atoms with van der Waals surface area (Å²) in [5.41, 5.74) is 8.47. The van der Waals surface area contributed by atoms with Crippen molar-refractivity contribution in [3.05, 3.63) is 28.8 Å². The van der Waals surface area contributed by atoms with Crippen LogP contribution in [0, 0.1) is 5.92 Å². The van der Waals surface area contributed by atoms with Crippen LogP contribution < -0.4 is 10.6 Å². The van der Waals surface area contributed by atoms with Gasteiger partial charge < -0.3 is 10.6 Å². The van der Waals surface area contributed by atoms with Gasteiger partial charge in [-0.15, -0.1) is 0 Å². The number of nitrogens with two attached hydrogens (primary N) is 1. The van der Waals surface area contributed by atoms with Crippen molar-refractivity contribution in [3.63, 3.8) is 0 Å². The molecule has 106 valence electrons. The van der Waals surface area contributed by atoms with Crippen LogP contribution in [0.1, 0.15) is 39.2 Å². The van der Waals surface area contributed by atoms with Crippen molar-refractivity contribution in [1.29, 1.82) is 0 Å². The van der Waals surface area contributed by atoms with Gasteiger partial charge in [0.1, 0.15) is 0 Å². The molecule has 1 heterocycles. The van der Waals surface area contributed by atoms with E-state index in [0.29, 0.717) is 6.04 Å². The number of benzene rings is 1. The molecule has 1 aromatic carbocycles. The van der Waals surface area contributed by atoms with Crippen LogP contribution in [0.2, 0.25) is 5.02 Å². The molecule has 2 nitrogen and oxygen atoms in total. The third-order valence-electron chi connectivity index (χ3n) is 4.30. The average molecular weight is 281 g/mol. The van der Waals surface area contributed by atoms with E-state index in [4.69, 9.17) is 17.3 Å². The Morgan fingerprint density at radius 3 is 2.84 bits per heavy atom. The number of halogens is 1. The fraction of sp³-hybridized carbons (Fsp3) is 0.625. The van der Waals surface area contributed by atoms with Crippen molar-refractivity contribution in [2.24, 2.45) is 11.7 Å². The zero-order chi connectivity index (χ0) is 14.0. The molecule has 3 unspecified atom stereocenters. The number of hydrogen-bond donors (Lipinski definition) is 1. The largest absolute Gasteiger partial charge is 0.368 e. The lowest BCUT2D eigenvalue weighted by molar-refractivity contribution is 0.363. The molecule has 0 amide bonds. The zero-order valence-electron chi connectivity index (χ0n) is 12.2. The molecule has 3 heteroatoms. The molecule has 2 rings (SSSR count). The Kier molecular flexibility index (Phi) is 4.75. The minimum atomic E-state index is 0.135. The molecule has 1 aliphatic heterocycles. The van der Waals surface area contributed by atoms with Gasteiger partial charge in [-0.05, 0) is 56.7 Å². The summed E-state index contributed by atoms with van der Waals surface area (Å²) in [5.74, 6) is 0.732. The van der Waals surface area contributed by atoms with Crippen molar-refractivity contribution in [2.75, 3.05) is 11.4 Å². The van der Waals surface area contributed by atoms with Crippen molar-refractivity contribution in [1.82, 2.24) is 0 Å². The smallest absolute Gasteiger partial charge is 0.0459 e. The lowest BCUT2D eigenvalue weighted by Crippen LogP contribution is -2.43. The van der Waals surface area contributed by atoms with Gasteiger partial charge in [0.2, 0.25) is 0 Å². The second-order valence-electron chi connectivity index (χ2n) is 5.97. The van der Waals surface area contributed by atoms with E-state index in [-0.39, 0.29) is 6.04 Å². The summed E-state index contributed by atoms with van der Waals surface area (Å²) in [5, 5.41) is 0.847. The molecule has 1 aliphatic rings. The maximum atomic E-state index is 6.39. The summed E-state index contributed by atoms with van der Waals surface area (Å²) < 4.78 is 0. The fourth-order valence-electron chi connectivity index (χ4n) is 3.02. The molecule has 0 aliphatic carbocycles. The molecule has 0 aromatic heterocycles. The van der Waals surface area contributed by atoms with Crippen LogP contribution in [-0.2, 0) is 6.42 Å². The first-order chi connectivity index (χ1) is 9.00. The lowest BCUT2D eigenvalue weighted by Gasteiger charge is -2.41. The van der Waals surface area contributed by atoms with E-state index in [0.717, 1.165) is 23.9 Å². The van der Waals surface area contributed by atoms with Crippen LogP contribution in [0.3, 0.4) is 0 Å². The highest BCUT2D eigenvalue weighted by atomic mass is 35.5. The Morgan fingerprint density at radius 2 is 2.16 bits per heavy atom. The number of rotatable bonds is 3. The van der Waals surface area contributed by atoms with E-state index < -0.39 is 0 Å². The third-order valence-corrected chi connectivity index (χ3v) is 4.66. The normalized spacial score (nSPS) is 25.4. The summed E-state index contributed by atoms with van der Waals surface area (Å²) >= 11 is 6.39. The second kappa shape index (κ2) is 6.15. The summed E-state index contributed by atoms with van der Waals surface area (Å²) in [6.45, 7) is 7.82. The topological polar surface area (TPSA) is 29.3 Å². The van der Waals surface area contributed by atoms with E-state index >= 15 is 0 Å². The summed E-state index contributed by atoms with van der Waals surface area (Å²) in [7, 11) is 0. The standard InChI is InChI=1S/C16H25ClN2/c1-11-6-5-9-19(13(11)3)16-8-4-7-15(17)14(16)10-12(2)18/h4,7-8,11-13H,5-6,9-10,18H2,1-3H3. The van der Waals surface area contributed by atoms with Crippen LogP contribution in [0.25, 0.3) is 0 Å². The maximum Gasteiger partial charge on any atom is 0.0459 e. The monoisotopic (exact) mass is 280 g/mol. The van der Waals surface area contributed by atoms with Crippen LogP contribution in [0.5, 0.6) is 0 Å². The lowest BCUT2D eigenvalue weighted by atomic mass is 9.90. The predicted molar refractivity (Wildman–Crippen MR) is 84.0 cm³/mol.